The summed E-state index contributed by atoms with van der Waals surface area (Å²) in [6.45, 7) is 0. The van der Waals surface area contributed by atoms with Crippen LogP contribution >= 0.6 is 0 Å². The molecule has 2 aromatic heterocycles. The van der Waals surface area contributed by atoms with E-state index < -0.39 is 0 Å². The van der Waals surface area contributed by atoms with Crippen LogP contribution in [0.4, 0.5) is 0 Å². The number of fused-ring (bicyclic) bond motifs is 1. The third-order valence-electron chi connectivity index (χ3n) is 2.66. The molecule has 0 spiro atoms. The van der Waals surface area contributed by atoms with Crippen molar-refractivity contribution in [2.45, 2.75) is 0 Å². The van der Waals surface area contributed by atoms with Gasteiger partial charge in [0.25, 0.3) is 17.4 Å². The van der Waals surface area contributed by atoms with Crippen LogP contribution in [0.5, 0.6) is 0 Å². The van der Waals surface area contributed by atoms with Gasteiger partial charge in [0.1, 0.15) is 5.52 Å². The first-order valence-electron chi connectivity index (χ1n) is 5.54. The zero-order valence-corrected chi connectivity index (χ0v) is 10.7. The maximum atomic E-state index is 11.4. The van der Waals surface area contributed by atoms with Crippen LogP contribution in [0.2, 0.25) is 0 Å². The first kappa shape index (κ1) is 13.5. The zero-order chi connectivity index (χ0) is 14.9. The van der Waals surface area contributed by atoms with Gasteiger partial charge in [-0.3, -0.25) is 28.8 Å². The maximum absolute atomic E-state index is 11.4. The second-order valence-electron chi connectivity index (χ2n) is 3.99. The number of imide groups is 1. The van der Waals surface area contributed by atoms with Crippen LogP contribution in [-0.4, -0.2) is 30.9 Å². The van der Waals surface area contributed by atoms with Crippen molar-refractivity contribution in [3.05, 3.63) is 39.3 Å². The fraction of sp³-hybridized carbons (Fsp3) is 0.182. The molecule has 0 aliphatic carbocycles. The van der Waals surface area contributed by atoms with Crippen molar-refractivity contribution in [1.29, 1.82) is 0 Å². The summed E-state index contributed by atoms with van der Waals surface area (Å²) in [5, 5.41) is 2.03. The van der Waals surface area contributed by atoms with E-state index in [1.165, 1.54) is 30.1 Å². The lowest BCUT2D eigenvalue weighted by Gasteiger charge is -2.00. The van der Waals surface area contributed by atoms with E-state index in [0.717, 1.165) is 4.57 Å². The number of aryl methyl sites for hydroxylation is 1. The average molecular weight is 277 g/mol. The summed E-state index contributed by atoms with van der Waals surface area (Å²) in [4.78, 5) is 49.5. The SMILES string of the molecule is Cn1c(=O)c2[nH]cnc2n(C)c1=O.O=C1C=CC(=O)N1. The number of rotatable bonds is 0. The smallest absolute Gasteiger partial charge is 0.332 e. The molecule has 0 unspecified atom stereocenters. The summed E-state index contributed by atoms with van der Waals surface area (Å²) in [5.74, 6) is -0.657. The van der Waals surface area contributed by atoms with E-state index >= 15 is 0 Å². The van der Waals surface area contributed by atoms with Crippen LogP contribution in [-0.2, 0) is 23.7 Å². The largest absolute Gasteiger partial charge is 0.339 e. The molecule has 3 heterocycles. The van der Waals surface area contributed by atoms with E-state index in [-0.39, 0.29) is 23.1 Å². The molecular weight excluding hydrogens is 266 g/mol. The molecule has 2 N–H and O–H groups in total. The van der Waals surface area contributed by atoms with Crippen LogP contribution in [0.1, 0.15) is 0 Å². The molecule has 0 radical (unpaired) electrons. The third kappa shape index (κ3) is 2.28. The molecule has 1 aliphatic rings. The molecule has 0 bridgehead atoms. The number of nitrogens with one attached hydrogen (secondary N) is 2. The number of imidazole rings is 1. The van der Waals surface area contributed by atoms with Crippen molar-refractivity contribution in [1.82, 2.24) is 24.4 Å². The number of nitrogens with zero attached hydrogens (tertiary/aromatic N) is 3. The molecule has 0 saturated heterocycles. The molecule has 0 aromatic carbocycles. The van der Waals surface area contributed by atoms with E-state index in [1.807, 2.05) is 5.32 Å². The van der Waals surface area contributed by atoms with E-state index in [1.54, 1.807) is 7.05 Å². The summed E-state index contributed by atoms with van der Waals surface area (Å²) in [6, 6.07) is 0. The quantitative estimate of drug-likeness (QED) is 0.548. The number of aromatic nitrogens is 4. The van der Waals surface area contributed by atoms with Gasteiger partial charge in [0.05, 0.1) is 6.33 Å². The second-order valence-corrected chi connectivity index (χ2v) is 3.99. The molecule has 9 heteroatoms. The number of carbonyl (C=O) groups excluding carboxylic acids is 2. The van der Waals surface area contributed by atoms with Crippen molar-refractivity contribution < 1.29 is 9.59 Å². The van der Waals surface area contributed by atoms with Crippen molar-refractivity contribution in [2.24, 2.45) is 14.1 Å². The summed E-state index contributed by atoms with van der Waals surface area (Å²) in [7, 11) is 3.01. The highest BCUT2D eigenvalue weighted by atomic mass is 16.2. The Morgan fingerprint density at radius 2 is 1.60 bits per heavy atom. The Morgan fingerprint density at radius 1 is 1.00 bits per heavy atom. The Bertz CT molecular complexity index is 823. The number of amides is 2. The minimum absolute atomic E-state index is 0.329. The number of carbonyl (C=O) groups is 2. The molecule has 0 atom stereocenters. The predicted octanol–water partition coefficient (Wildman–Crippen LogP) is -1.84. The minimum atomic E-state index is -0.371. The second kappa shape index (κ2) is 4.96. The first-order valence-corrected chi connectivity index (χ1v) is 5.54. The fourth-order valence-corrected chi connectivity index (χ4v) is 1.63. The van der Waals surface area contributed by atoms with Gasteiger partial charge in [0.2, 0.25) is 0 Å². The lowest BCUT2D eigenvalue weighted by Crippen LogP contribution is -2.36. The highest BCUT2D eigenvalue weighted by molar-refractivity contribution is 6.12. The van der Waals surface area contributed by atoms with Crippen molar-refractivity contribution in [2.75, 3.05) is 0 Å². The molecule has 104 valence electrons. The summed E-state index contributed by atoms with van der Waals surface area (Å²) in [5.41, 5.74) is 0.0119. The number of H-pyrrole nitrogens is 1. The van der Waals surface area contributed by atoms with Crippen LogP contribution in [0, 0.1) is 0 Å². The van der Waals surface area contributed by atoms with E-state index in [0.29, 0.717) is 11.2 Å². The number of hydrogen-bond acceptors (Lipinski definition) is 5. The lowest BCUT2D eigenvalue weighted by atomic mass is 10.5. The molecule has 0 saturated carbocycles. The Kier molecular flexibility index (Phi) is 3.34. The first-order chi connectivity index (χ1) is 9.41. The molecule has 3 rings (SSSR count). The van der Waals surface area contributed by atoms with Gasteiger partial charge in [-0.05, 0) is 0 Å². The number of hydrogen-bond donors (Lipinski definition) is 2. The van der Waals surface area contributed by atoms with Crippen LogP contribution in [0.25, 0.3) is 11.2 Å². The van der Waals surface area contributed by atoms with Gasteiger partial charge in [-0.15, -0.1) is 0 Å². The Morgan fingerprint density at radius 3 is 2.10 bits per heavy atom. The van der Waals surface area contributed by atoms with Crippen molar-refractivity contribution in [3.8, 4) is 0 Å². The third-order valence-corrected chi connectivity index (χ3v) is 2.66. The molecule has 2 amide bonds. The average Bonchev–Trinajstić information content (AvgIpc) is 3.03. The molecule has 9 nitrogen and oxygen atoms in total. The summed E-state index contributed by atoms with van der Waals surface area (Å²) < 4.78 is 2.37. The molecular formula is C11H11N5O4. The zero-order valence-electron chi connectivity index (χ0n) is 10.7. The standard InChI is InChI=1S/C7H8N4O2.C4H3NO2/c1-10-5-4(8-3-9-5)6(12)11(2)7(10)13;6-3-1-2-4(7)5-3/h3H,1-2H3,(H,8,9);1-2H,(H,5,6,7). The molecule has 0 fully saturated rings. The Balaban J connectivity index is 0.000000178. The predicted molar refractivity (Wildman–Crippen MR) is 68.9 cm³/mol. The van der Waals surface area contributed by atoms with Crippen molar-refractivity contribution in [3.63, 3.8) is 0 Å². The topological polar surface area (TPSA) is 119 Å². The van der Waals surface area contributed by atoms with E-state index in [9.17, 15) is 19.2 Å². The summed E-state index contributed by atoms with van der Waals surface area (Å²) in [6.07, 6.45) is 3.79. The van der Waals surface area contributed by atoms with Gasteiger partial charge in [-0.25, -0.2) is 9.78 Å². The van der Waals surface area contributed by atoms with Gasteiger partial charge in [-0.1, -0.05) is 0 Å². The minimum Gasteiger partial charge on any atom is -0.339 e. The normalized spacial score (nSPS) is 13.3. The Hall–Kier alpha value is -2.97. The lowest BCUT2D eigenvalue weighted by molar-refractivity contribution is -0.123. The van der Waals surface area contributed by atoms with Crippen LogP contribution in [0.15, 0.2) is 28.1 Å². The van der Waals surface area contributed by atoms with E-state index in [4.69, 9.17) is 0 Å². The van der Waals surface area contributed by atoms with Gasteiger partial charge in [-0.2, -0.15) is 0 Å². The number of aromatic amines is 1. The molecule has 1 aliphatic heterocycles. The van der Waals surface area contributed by atoms with Gasteiger partial charge in [0, 0.05) is 26.2 Å². The van der Waals surface area contributed by atoms with E-state index in [2.05, 4.69) is 9.97 Å². The van der Waals surface area contributed by atoms with Gasteiger partial charge in [0.15, 0.2) is 5.65 Å². The monoisotopic (exact) mass is 277 g/mol. The summed E-state index contributed by atoms with van der Waals surface area (Å²) >= 11 is 0. The highest BCUT2D eigenvalue weighted by Crippen LogP contribution is 1.97. The fourth-order valence-electron chi connectivity index (χ4n) is 1.63. The molecule has 2 aromatic rings. The van der Waals surface area contributed by atoms with Crippen molar-refractivity contribution >= 4 is 23.0 Å². The highest BCUT2D eigenvalue weighted by Gasteiger charge is 2.09. The molecule has 20 heavy (non-hydrogen) atoms. The maximum Gasteiger partial charge on any atom is 0.332 e. The Labute approximate surface area is 111 Å². The van der Waals surface area contributed by atoms with Crippen LogP contribution in [0.3, 0.4) is 0 Å². The van der Waals surface area contributed by atoms with Gasteiger partial charge >= 0.3 is 5.69 Å². The van der Waals surface area contributed by atoms with Gasteiger partial charge < -0.3 is 4.98 Å². The van der Waals surface area contributed by atoms with Crippen LogP contribution < -0.4 is 16.6 Å².